The maximum Gasteiger partial charge on any atom is 0.0878 e. The minimum Gasteiger partial charge on any atom is -0.390 e. The van der Waals surface area contributed by atoms with Gasteiger partial charge in [0.1, 0.15) is 0 Å². The average Bonchev–Trinajstić information content (AvgIpc) is 2.65. The lowest BCUT2D eigenvalue weighted by Gasteiger charge is -2.27. The Balaban J connectivity index is 2.61. The van der Waals surface area contributed by atoms with Crippen LogP contribution in [0.25, 0.3) is 0 Å². The second kappa shape index (κ2) is 4.77. The molecule has 0 amide bonds. The second-order valence-electron chi connectivity index (χ2n) is 4.13. The number of hydrogen-bond donors (Lipinski definition) is 2. The lowest BCUT2D eigenvalue weighted by Crippen LogP contribution is -2.39. The number of aryl methyl sites for hydroxylation is 1. The molecule has 15 heavy (non-hydrogen) atoms. The van der Waals surface area contributed by atoms with Crippen molar-refractivity contribution in [2.75, 3.05) is 0 Å². The van der Waals surface area contributed by atoms with Crippen LogP contribution in [0.4, 0.5) is 0 Å². The third kappa shape index (κ3) is 3.04. The number of aliphatic hydroxyl groups is 2. The molecule has 4 heteroatoms. The number of nitrogens with zero attached hydrogens (tertiary/aromatic N) is 2. The molecule has 0 aliphatic carbocycles. The predicted molar refractivity (Wildman–Crippen MR) is 58.5 cm³/mol. The molecule has 4 nitrogen and oxygen atoms in total. The van der Waals surface area contributed by atoms with E-state index < -0.39 is 11.7 Å². The highest BCUT2D eigenvalue weighted by molar-refractivity contribution is 5.07. The molecule has 86 valence electrons. The van der Waals surface area contributed by atoms with Crippen molar-refractivity contribution in [3.8, 4) is 0 Å². The van der Waals surface area contributed by atoms with Crippen LogP contribution in [0.1, 0.15) is 32.8 Å². The van der Waals surface area contributed by atoms with Crippen molar-refractivity contribution in [1.29, 1.82) is 0 Å². The van der Waals surface area contributed by atoms with Crippen molar-refractivity contribution in [2.45, 2.75) is 51.9 Å². The van der Waals surface area contributed by atoms with Crippen molar-refractivity contribution in [3.63, 3.8) is 0 Å². The molecule has 0 aliphatic rings. The topological polar surface area (TPSA) is 58.3 Å². The Labute approximate surface area is 90.5 Å². The Morgan fingerprint density at radius 2 is 2.20 bits per heavy atom. The van der Waals surface area contributed by atoms with Gasteiger partial charge in [0.2, 0.25) is 0 Å². The van der Waals surface area contributed by atoms with E-state index in [1.165, 1.54) is 0 Å². The monoisotopic (exact) mass is 212 g/mol. The summed E-state index contributed by atoms with van der Waals surface area (Å²) in [7, 11) is 0. The summed E-state index contributed by atoms with van der Waals surface area (Å²) in [6.45, 7) is 6.34. The van der Waals surface area contributed by atoms with Gasteiger partial charge < -0.3 is 10.2 Å². The summed E-state index contributed by atoms with van der Waals surface area (Å²) in [6.07, 6.45) is 3.88. The van der Waals surface area contributed by atoms with Crippen LogP contribution in [0.2, 0.25) is 0 Å². The largest absolute Gasteiger partial charge is 0.390 e. The third-order valence-corrected chi connectivity index (χ3v) is 2.87. The van der Waals surface area contributed by atoms with E-state index in [-0.39, 0.29) is 0 Å². The van der Waals surface area contributed by atoms with Crippen LogP contribution in [-0.2, 0) is 13.0 Å². The van der Waals surface area contributed by atoms with Gasteiger partial charge in [0.05, 0.1) is 17.9 Å². The summed E-state index contributed by atoms with van der Waals surface area (Å²) < 4.78 is 1.81. The number of aliphatic hydroxyl groups excluding tert-OH is 1. The van der Waals surface area contributed by atoms with Crippen LogP contribution in [-0.4, -0.2) is 31.7 Å². The summed E-state index contributed by atoms with van der Waals surface area (Å²) in [5, 5.41) is 23.8. The molecule has 1 heterocycles. The van der Waals surface area contributed by atoms with E-state index in [0.717, 1.165) is 12.1 Å². The van der Waals surface area contributed by atoms with Crippen LogP contribution >= 0.6 is 0 Å². The summed E-state index contributed by atoms with van der Waals surface area (Å²) in [5.74, 6) is 0. The van der Waals surface area contributed by atoms with E-state index in [9.17, 15) is 10.2 Å². The van der Waals surface area contributed by atoms with Crippen LogP contribution < -0.4 is 0 Å². The molecule has 2 atom stereocenters. The first kappa shape index (κ1) is 12.2. The van der Waals surface area contributed by atoms with Gasteiger partial charge in [-0.05, 0) is 25.8 Å². The zero-order chi connectivity index (χ0) is 11.5. The third-order valence-electron chi connectivity index (χ3n) is 2.87. The molecule has 2 N–H and O–H groups in total. The SMILES string of the molecule is CCn1cc(CC(O)C(C)(O)CC)cn1. The van der Waals surface area contributed by atoms with Crippen molar-refractivity contribution in [2.24, 2.45) is 0 Å². The number of rotatable bonds is 5. The second-order valence-corrected chi connectivity index (χ2v) is 4.13. The minimum atomic E-state index is -1.02. The normalized spacial score (nSPS) is 17.4. The first-order chi connectivity index (χ1) is 6.99. The fourth-order valence-electron chi connectivity index (χ4n) is 1.36. The Hall–Kier alpha value is -0.870. The first-order valence-electron chi connectivity index (χ1n) is 5.41. The summed E-state index contributed by atoms with van der Waals surface area (Å²) >= 11 is 0. The highest BCUT2D eigenvalue weighted by Crippen LogP contribution is 2.17. The summed E-state index contributed by atoms with van der Waals surface area (Å²) in [4.78, 5) is 0. The maximum atomic E-state index is 9.84. The molecule has 0 fully saturated rings. The van der Waals surface area contributed by atoms with E-state index in [2.05, 4.69) is 5.10 Å². The van der Waals surface area contributed by atoms with Crippen LogP contribution in [0.3, 0.4) is 0 Å². The van der Waals surface area contributed by atoms with Gasteiger partial charge in [-0.15, -0.1) is 0 Å². The van der Waals surface area contributed by atoms with Gasteiger partial charge in [-0.2, -0.15) is 5.10 Å². The molecule has 2 unspecified atom stereocenters. The fraction of sp³-hybridized carbons (Fsp3) is 0.727. The van der Waals surface area contributed by atoms with Gasteiger partial charge in [-0.3, -0.25) is 4.68 Å². The fourth-order valence-corrected chi connectivity index (χ4v) is 1.36. The van der Waals surface area contributed by atoms with Gasteiger partial charge >= 0.3 is 0 Å². The molecular formula is C11H20N2O2. The standard InChI is InChI=1S/C11H20N2O2/c1-4-11(3,15)10(14)6-9-7-12-13(5-2)8-9/h7-8,10,14-15H,4-6H2,1-3H3. The Morgan fingerprint density at radius 1 is 1.53 bits per heavy atom. The molecule has 0 radical (unpaired) electrons. The molecule has 0 saturated heterocycles. The van der Waals surface area contributed by atoms with Crippen molar-refractivity contribution < 1.29 is 10.2 Å². The molecule has 1 aromatic rings. The number of aromatic nitrogens is 2. The van der Waals surface area contributed by atoms with Crippen LogP contribution in [0, 0.1) is 0 Å². The predicted octanol–water partition coefficient (Wildman–Crippen LogP) is 0.967. The molecule has 0 aliphatic heterocycles. The quantitative estimate of drug-likeness (QED) is 0.764. The maximum absolute atomic E-state index is 9.84. The lowest BCUT2D eigenvalue weighted by molar-refractivity contribution is -0.0629. The highest BCUT2D eigenvalue weighted by atomic mass is 16.3. The zero-order valence-electron chi connectivity index (χ0n) is 9.64. The molecule has 1 aromatic heterocycles. The van der Waals surface area contributed by atoms with Gasteiger partial charge in [-0.1, -0.05) is 6.92 Å². The van der Waals surface area contributed by atoms with Gasteiger partial charge in [0.25, 0.3) is 0 Å². The molecule has 0 saturated carbocycles. The van der Waals surface area contributed by atoms with E-state index in [4.69, 9.17) is 0 Å². The molecule has 1 rings (SSSR count). The lowest BCUT2D eigenvalue weighted by atomic mass is 9.92. The molecular weight excluding hydrogens is 192 g/mol. The Morgan fingerprint density at radius 3 is 2.67 bits per heavy atom. The van der Waals surface area contributed by atoms with Gasteiger partial charge in [-0.25, -0.2) is 0 Å². The van der Waals surface area contributed by atoms with Crippen LogP contribution in [0.15, 0.2) is 12.4 Å². The Bertz CT molecular complexity index is 307. The van der Waals surface area contributed by atoms with Crippen molar-refractivity contribution in [1.82, 2.24) is 9.78 Å². The zero-order valence-corrected chi connectivity index (χ0v) is 9.64. The van der Waals surface area contributed by atoms with Crippen molar-refractivity contribution >= 4 is 0 Å². The average molecular weight is 212 g/mol. The van der Waals surface area contributed by atoms with Crippen molar-refractivity contribution in [3.05, 3.63) is 18.0 Å². The van der Waals surface area contributed by atoms with Gasteiger partial charge in [0, 0.05) is 19.2 Å². The highest BCUT2D eigenvalue weighted by Gasteiger charge is 2.28. The number of hydrogen-bond acceptors (Lipinski definition) is 3. The Kier molecular flexibility index (Phi) is 3.88. The molecule has 0 spiro atoms. The summed E-state index contributed by atoms with van der Waals surface area (Å²) in [5.41, 5.74) is -0.0630. The molecule has 0 aromatic carbocycles. The van der Waals surface area contributed by atoms with E-state index in [1.54, 1.807) is 13.1 Å². The molecule has 0 bridgehead atoms. The van der Waals surface area contributed by atoms with E-state index >= 15 is 0 Å². The minimum absolute atomic E-state index is 0.445. The first-order valence-corrected chi connectivity index (χ1v) is 5.41. The van der Waals surface area contributed by atoms with Gasteiger partial charge in [0.15, 0.2) is 0 Å². The smallest absolute Gasteiger partial charge is 0.0878 e. The van der Waals surface area contributed by atoms with Crippen LogP contribution in [0.5, 0.6) is 0 Å². The van der Waals surface area contributed by atoms with E-state index in [1.807, 2.05) is 24.7 Å². The summed E-state index contributed by atoms with van der Waals surface area (Å²) in [6, 6.07) is 0. The van der Waals surface area contributed by atoms with E-state index in [0.29, 0.717) is 12.8 Å².